The molecule has 0 aliphatic carbocycles. The lowest BCUT2D eigenvalue weighted by atomic mass is 10.1. The molecule has 0 saturated carbocycles. The van der Waals surface area contributed by atoms with Crippen LogP contribution < -0.4 is 5.32 Å². The molecule has 2 aromatic carbocycles. The van der Waals surface area contributed by atoms with Crippen molar-refractivity contribution >= 4 is 44.8 Å². The fourth-order valence-corrected chi connectivity index (χ4v) is 3.01. The van der Waals surface area contributed by atoms with E-state index in [0.29, 0.717) is 16.6 Å². The quantitative estimate of drug-likeness (QED) is 0.815. The highest BCUT2D eigenvalue weighted by Crippen LogP contribution is 2.34. The van der Waals surface area contributed by atoms with Crippen LogP contribution in [0.2, 0.25) is 10.0 Å². The SMILES string of the molecule is OCc1ccc(CNc2c(Cl)cc(Br)cc2Cl)cc1. The number of nitrogens with one attached hydrogen (secondary N) is 1. The Morgan fingerprint density at radius 2 is 1.53 bits per heavy atom. The lowest BCUT2D eigenvalue weighted by Crippen LogP contribution is -2.01. The Hall–Kier alpha value is -0.740. The largest absolute Gasteiger partial charge is 0.392 e. The number of benzene rings is 2. The van der Waals surface area contributed by atoms with E-state index in [0.717, 1.165) is 21.3 Å². The van der Waals surface area contributed by atoms with Gasteiger partial charge in [-0.15, -0.1) is 0 Å². The summed E-state index contributed by atoms with van der Waals surface area (Å²) in [4.78, 5) is 0. The first-order valence-electron chi connectivity index (χ1n) is 5.67. The Kier molecular flexibility index (Phi) is 5.11. The molecular weight excluding hydrogens is 349 g/mol. The van der Waals surface area contributed by atoms with Crippen molar-refractivity contribution in [1.82, 2.24) is 0 Å². The van der Waals surface area contributed by atoms with Gasteiger partial charge in [-0.1, -0.05) is 63.4 Å². The van der Waals surface area contributed by atoms with Gasteiger partial charge in [-0.3, -0.25) is 0 Å². The molecule has 0 spiro atoms. The van der Waals surface area contributed by atoms with Crippen molar-refractivity contribution in [1.29, 1.82) is 0 Å². The summed E-state index contributed by atoms with van der Waals surface area (Å²) in [6.45, 7) is 0.671. The average molecular weight is 361 g/mol. The summed E-state index contributed by atoms with van der Waals surface area (Å²) in [5.74, 6) is 0. The third-order valence-electron chi connectivity index (χ3n) is 2.68. The molecule has 0 unspecified atom stereocenters. The molecule has 0 bridgehead atoms. The van der Waals surface area contributed by atoms with Gasteiger partial charge < -0.3 is 10.4 Å². The highest BCUT2D eigenvalue weighted by molar-refractivity contribution is 9.10. The number of hydrogen-bond acceptors (Lipinski definition) is 2. The Morgan fingerprint density at radius 3 is 2.05 bits per heavy atom. The maximum Gasteiger partial charge on any atom is 0.0722 e. The minimum Gasteiger partial charge on any atom is -0.392 e. The summed E-state index contributed by atoms with van der Waals surface area (Å²) in [6.07, 6.45) is 0. The summed E-state index contributed by atoms with van der Waals surface area (Å²) in [5, 5.41) is 13.3. The van der Waals surface area contributed by atoms with E-state index in [2.05, 4.69) is 21.2 Å². The van der Waals surface area contributed by atoms with Gasteiger partial charge in [0.2, 0.25) is 0 Å². The van der Waals surface area contributed by atoms with E-state index in [-0.39, 0.29) is 6.61 Å². The van der Waals surface area contributed by atoms with Crippen molar-refractivity contribution in [3.8, 4) is 0 Å². The van der Waals surface area contributed by atoms with Crippen molar-refractivity contribution in [2.75, 3.05) is 5.32 Å². The fraction of sp³-hybridized carbons (Fsp3) is 0.143. The molecule has 5 heteroatoms. The standard InChI is InChI=1S/C14H12BrCl2NO/c15-11-5-12(16)14(13(17)6-11)18-7-9-1-3-10(8-19)4-2-9/h1-6,18-19H,7-8H2. The minimum atomic E-state index is 0.0536. The van der Waals surface area contributed by atoms with E-state index < -0.39 is 0 Å². The molecule has 2 rings (SSSR count). The van der Waals surface area contributed by atoms with Crippen LogP contribution in [-0.4, -0.2) is 5.11 Å². The number of anilines is 1. The molecule has 0 amide bonds. The molecule has 2 N–H and O–H groups in total. The molecule has 0 atom stereocenters. The van der Waals surface area contributed by atoms with Crippen molar-refractivity contribution in [2.24, 2.45) is 0 Å². The van der Waals surface area contributed by atoms with Crippen molar-refractivity contribution in [3.63, 3.8) is 0 Å². The molecule has 0 fully saturated rings. The predicted octanol–water partition coefficient (Wildman–Crippen LogP) is 4.86. The van der Waals surface area contributed by atoms with E-state index in [9.17, 15) is 0 Å². The van der Waals surface area contributed by atoms with E-state index >= 15 is 0 Å². The van der Waals surface area contributed by atoms with Crippen molar-refractivity contribution in [3.05, 3.63) is 62.0 Å². The van der Waals surface area contributed by atoms with Gasteiger partial charge in [-0.2, -0.15) is 0 Å². The smallest absolute Gasteiger partial charge is 0.0722 e. The third-order valence-corrected chi connectivity index (χ3v) is 3.74. The van der Waals surface area contributed by atoms with Crippen LogP contribution >= 0.6 is 39.1 Å². The summed E-state index contributed by atoms with van der Waals surface area (Å²) < 4.78 is 0.848. The van der Waals surface area contributed by atoms with E-state index in [1.54, 1.807) is 12.1 Å². The van der Waals surface area contributed by atoms with Crippen LogP contribution in [0.1, 0.15) is 11.1 Å². The highest BCUT2D eigenvalue weighted by atomic mass is 79.9. The van der Waals surface area contributed by atoms with Crippen LogP contribution in [0.25, 0.3) is 0 Å². The second-order valence-corrected chi connectivity index (χ2v) is 5.80. The first-order valence-corrected chi connectivity index (χ1v) is 7.22. The summed E-state index contributed by atoms with van der Waals surface area (Å²) in [7, 11) is 0. The number of hydrogen-bond donors (Lipinski definition) is 2. The molecule has 0 aromatic heterocycles. The molecular formula is C14H12BrCl2NO. The number of aliphatic hydroxyl groups excluding tert-OH is 1. The number of rotatable bonds is 4. The van der Waals surface area contributed by atoms with Crippen molar-refractivity contribution in [2.45, 2.75) is 13.2 Å². The van der Waals surface area contributed by atoms with Crippen LogP contribution in [0.4, 0.5) is 5.69 Å². The fourth-order valence-electron chi connectivity index (χ4n) is 1.66. The Labute approximate surface area is 130 Å². The zero-order valence-corrected chi connectivity index (χ0v) is 13.1. The van der Waals surface area contributed by atoms with E-state index in [1.807, 2.05) is 24.3 Å². The molecule has 0 radical (unpaired) electrons. The van der Waals surface area contributed by atoms with Crippen molar-refractivity contribution < 1.29 is 5.11 Å². The van der Waals surface area contributed by atoms with Gasteiger partial charge >= 0.3 is 0 Å². The zero-order chi connectivity index (χ0) is 13.8. The van der Waals surface area contributed by atoms with Crippen LogP contribution in [0.15, 0.2) is 40.9 Å². The molecule has 2 aromatic rings. The van der Waals surface area contributed by atoms with E-state index in [1.165, 1.54) is 0 Å². The van der Waals surface area contributed by atoms with Crippen LogP contribution in [0, 0.1) is 0 Å². The van der Waals surface area contributed by atoms with Gasteiger partial charge in [-0.25, -0.2) is 0 Å². The van der Waals surface area contributed by atoms with Gasteiger partial charge in [0.1, 0.15) is 0 Å². The van der Waals surface area contributed by atoms with Gasteiger partial charge in [-0.05, 0) is 23.3 Å². The summed E-state index contributed by atoms with van der Waals surface area (Å²) in [5.41, 5.74) is 2.70. The van der Waals surface area contributed by atoms with Gasteiger partial charge in [0.05, 0.1) is 22.3 Å². The highest BCUT2D eigenvalue weighted by Gasteiger charge is 2.07. The second kappa shape index (κ2) is 6.62. The monoisotopic (exact) mass is 359 g/mol. The first kappa shape index (κ1) is 14.7. The Balaban J connectivity index is 2.10. The van der Waals surface area contributed by atoms with E-state index in [4.69, 9.17) is 28.3 Å². The van der Waals surface area contributed by atoms with Crippen LogP contribution in [0.5, 0.6) is 0 Å². The maximum absolute atomic E-state index is 8.98. The topological polar surface area (TPSA) is 32.3 Å². The molecule has 19 heavy (non-hydrogen) atoms. The van der Waals surface area contributed by atoms with Gasteiger partial charge in [0, 0.05) is 11.0 Å². The maximum atomic E-state index is 8.98. The number of halogens is 3. The Morgan fingerprint density at radius 1 is 1.00 bits per heavy atom. The normalized spacial score (nSPS) is 10.5. The minimum absolute atomic E-state index is 0.0536. The lowest BCUT2D eigenvalue weighted by molar-refractivity contribution is 0.282. The molecule has 0 saturated heterocycles. The predicted molar refractivity (Wildman–Crippen MR) is 83.9 cm³/mol. The molecule has 2 nitrogen and oxygen atoms in total. The van der Waals surface area contributed by atoms with Crippen LogP contribution in [0.3, 0.4) is 0 Å². The first-order chi connectivity index (χ1) is 9.10. The zero-order valence-electron chi connectivity index (χ0n) is 9.96. The van der Waals surface area contributed by atoms with Gasteiger partial charge in [0.25, 0.3) is 0 Å². The summed E-state index contributed by atoms with van der Waals surface area (Å²) >= 11 is 15.6. The molecule has 0 aliphatic heterocycles. The number of aliphatic hydroxyl groups is 1. The third kappa shape index (κ3) is 3.86. The molecule has 100 valence electrons. The van der Waals surface area contributed by atoms with Crippen LogP contribution in [-0.2, 0) is 13.2 Å². The average Bonchev–Trinajstić information content (AvgIpc) is 2.38. The van der Waals surface area contributed by atoms with Gasteiger partial charge in [0.15, 0.2) is 0 Å². The Bertz CT molecular complexity index is 549. The molecule has 0 aliphatic rings. The molecule has 0 heterocycles. The second-order valence-electron chi connectivity index (χ2n) is 4.07. The lowest BCUT2D eigenvalue weighted by Gasteiger charge is -2.11. The summed E-state index contributed by atoms with van der Waals surface area (Å²) in [6, 6.07) is 11.3.